The van der Waals surface area contributed by atoms with Gasteiger partial charge in [0.1, 0.15) is 0 Å². The lowest BCUT2D eigenvalue weighted by Gasteiger charge is -2.16. The van der Waals surface area contributed by atoms with Crippen molar-refractivity contribution in [2.24, 2.45) is 0 Å². The number of hydrogen-bond acceptors (Lipinski definition) is 2. The molecule has 0 aliphatic carbocycles. The Balaban J connectivity index is 1.30. The topological polar surface area (TPSA) is 25.8 Å². The molecule has 0 aliphatic heterocycles. The minimum atomic E-state index is 0.705. The van der Waals surface area contributed by atoms with Crippen LogP contribution in [-0.4, -0.2) is 9.97 Å². The molecule has 0 unspecified atom stereocenters. The third-order valence-electron chi connectivity index (χ3n) is 9.46. The van der Waals surface area contributed by atoms with Crippen molar-refractivity contribution in [2.45, 2.75) is 0 Å². The van der Waals surface area contributed by atoms with Crippen molar-refractivity contribution in [3.8, 4) is 67.2 Å². The SMILES string of the molecule is c1ccc(-c2cc(-c3ccc(-c4ccccc4)c(-c4ccccc4)c3)cc(-c3nc(-c4ccccc4)c4ccc5ccccc5c4n3)c2)cc1. The summed E-state index contributed by atoms with van der Waals surface area (Å²) < 4.78 is 0. The predicted molar refractivity (Wildman–Crippen MR) is 210 cm³/mol. The van der Waals surface area contributed by atoms with Crippen molar-refractivity contribution >= 4 is 21.7 Å². The van der Waals surface area contributed by atoms with Crippen molar-refractivity contribution in [3.63, 3.8) is 0 Å². The maximum absolute atomic E-state index is 5.34. The zero-order chi connectivity index (χ0) is 33.3. The van der Waals surface area contributed by atoms with E-state index in [9.17, 15) is 0 Å². The van der Waals surface area contributed by atoms with Crippen LogP contribution in [0.3, 0.4) is 0 Å². The Bertz CT molecular complexity index is 2610. The largest absolute Gasteiger partial charge is 0.227 e. The summed E-state index contributed by atoms with van der Waals surface area (Å²) in [4.78, 5) is 10.7. The van der Waals surface area contributed by atoms with Crippen molar-refractivity contribution in [3.05, 3.63) is 194 Å². The fourth-order valence-corrected chi connectivity index (χ4v) is 6.98. The lowest BCUT2D eigenvalue weighted by atomic mass is 9.89. The van der Waals surface area contributed by atoms with Gasteiger partial charge in [0.25, 0.3) is 0 Å². The minimum Gasteiger partial charge on any atom is -0.227 e. The summed E-state index contributed by atoms with van der Waals surface area (Å²) >= 11 is 0. The van der Waals surface area contributed by atoms with Gasteiger partial charge in [-0.15, -0.1) is 0 Å². The summed E-state index contributed by atoms with van der Waals surface area (Å²) in [6, 6.07) is 68.7. The van der Waals surface area contributed by atoms with E-state index in [-0.39, 0.29) is 0 Å². The number of nitrogens with zero attached hydrogens (tertiary/aromatic N) is 2. The number of hydrogen-bond donors (Lipinski definition) is 0. The third-order valence-corrected chi connectivity index (χ3v) is 9.46. The quantitative estimate of drug-likeness (QED) is 0.170. The predicted octanol–water partition coefficient (Wildman–Crippen LogP) is 12.8. The number of benzene rings is 8. The second-order valence-corrected chi connectivity index (χ2v) is 12.6. The molecule has 1 heterocycles. The lowest BCUT2D eigenvalue weighted by molar-refractivity contribution is 1.23. The van der Waals surface area contributed by atoms with Gasteiger partial charge in [-0.05, 0) is 80.2 Å². The standard InChI is InChI=1S/C48H32N2/c1-5-15-33(16-6-1)39-29-40(38-26-27-42(34-17-7-2-8-18-34)45(32-38)35-19-9-3-10-20-35)31-41(30-39)48-49-46(37-22-11-4-12-23-37)44-28-25-36-21-13-14-24-43(36)47(44)50-48/h1-32H. The molecule has 2 nitrogen and oxygen atoms in total. The van der Waals surface area contributed by atoms with Crippen LogP contribution in [0.5, 0.6) is 0 Å². The van der Waals surface area contributed by atoms with Crippen molar-refractivity contribution in [2.75, 3.05) is 0 Å². The first-order chi connectivity index (χ1) is 24.8. The molecule has 234 valence electrons. The zero-order valence-corrected chi connectivity index (χ0v) is 27.4. The monoisotopic (exact) mass is 636 g/mol. The van der Waals surface area contributed by atoms with Crippen LogP contribution in [0.4, 0.5) is 0 Å². The van der Waals surface area contributed by atoms with E-state index in [1.165, 1.54) is 22.3 Å². The van der Waals surface area contributed by atoms with Crippen LogP contribution in [0, 0.1) is 0 Å². The highest BCUT2D eigenvalue weighted by Gasteiger charge is 2.17. The van der Waals surface area contributed by atoms with Gasteiger partial charge >= 0.3 is 0 Å². The Kier molecular flexibility index (Phi) is 7.53. The molecule has 8 aromatic carbocycles. The molecule has 0 bridgehead atoms. The highest BCUT2D eigenvalue weighted by molar-refractivity contribution is 6.09. The van der Waals surface area contributed by atoms with Crippen LogP contribution in [0.25, 0.3) is 88.8 Å². The number of fused-ring (bicyclic) bond motifs is 3. The van der Waals surface area contributed by atoms with Gasteiger partial charge in [-0.25, -0.2) is 9.97 Å². The van der Waals surface area contributed by atoms with Gasteiger partial charge in [0, 0.05) is 21.9 Å². The van der Waals surface area contributed by atoms with Gasteiger partial charge < -0.3 is 0 Å². The molecule has 9 rings (SSSR count). The summed E-state index contributed by atoms with van der Waals surface area (Å²) in [5.74, 6) is 0.705. The fraction of sp³-hybridized carbons (Fsp3) is 0. The Morgan fingerprint density at radius 2 is 0.820 bits per heavy atom. The highest BCUT2D eigenvalue weighted by atomic mass is 14.9. The van der Waals surface area contributed by atoms with Crippen LogP contribution in [-0.2, 0) is 0 Å². The number of aromatic nitrogens is 2. The van der Waals surface area contributed by atoms with Gasteiger partial charge in [0.05, 0.1) is 11.2 Å². The average molecular weight is 637 g/mol. The molecule has 9 aromatic rings. The molecule has 0 saturated carbocycles. The number of rotatable bonds is 6. The van der Waals surface area contributed by atoms with Crippen molar-refractivity contribution < 1.29 is 0 Å². The van der Waals surface area contributed by atoms with E-state index < -0.39 is 0 Å². The molecule has 0 N–H and O–H groups in total. The molecule has 0 fully saturated rings. The minimum absolute atomic E-state index is 0.705. The fourth-order valence-electron chi connectivity index (χ4n) is 6.98. The van der Waals surface area contributed by atoms with Gasteiger partial charge in [0.2, 0.25) is 0 Å². The molecule has 50 heavy (non-hydrogen) atoms. The first-order valence-corrected chi connectivity index (χ1v) is 17.0. The Morgan fingerprint density at radius 1 is 0.280 bits per heavy atom. The van der Waals surface area contributed by atoms with E-state index in [4.69, 9.17) is 9.97 Å². The van der Waals surface area contributed by atoms with E-state index in [1.54, 1.807) is 0 Å². The van der Waals surface area contributed by atoms with E-state index in [1.807, 2.05) is 6.07 Å². The van der Waals surface area contributed by atoms with Crippen LogP contribution >= 0.6 is 0 Å². The molecule has 0 aliphatic rings. The Morgan fingerprint density at radius 3 is 1.50 bits per heavy atom. The van der Waals surface area contributed by atoms with Gasteiger partial charge in [-0.1, -0.05) is 164 Å². The zero-order valence-electron chi connectivity index (χ0n) is 27.4. The van der Waals surface area contributed by atoms with Gasteiger partial charge in [-0.3, -0.25) is 0 Å². The second kappa shape index (κ2) is 12.8. The van der Waals surface area contributed by atoms with E-state index in [0.717, 1.165) is 60.8 Å². The smallest absolute Gasteiger partial charge is 0.160 e. The molecule has 0 saturated heterocycles. The summed E-state index contributed by atoms with van der Waals surface area (Å²) in [5.41, 5.74) is 13.2. The second-order valence-electron chi connectivity index (χ2n) is 12.6. The molecular formula is C48H32N2. The third kappa shape index (κ3) is 5.53. The van der Waals surface area contributed by atoms with E-state index in [2.05, 4.69) is 188 Å². The van der Waals surface area contributed by atoms with Crippen LogP contribution < -0.4 is 0 Å². The first-order valence-electron chi connectivity index (χ1n) is 17.0. The summed E-state index contributed by atoms with van der Waals surface area (Å²) in [5, 5.41) is 3.32. The summed E-state index contributed by atoms with van der Waals surface area (Å²) in [6.07, 6.45) is 0. The Hall–Kier alpha value is -6.64. The van der Waals surface area contributed by atoms with Gasteiger partial charge in [-0.2, -0.15) is 0 Å². The first kappa shape index (κ1) is 29.5. The molecule has 1 aromatic heterocycles. The normalized spacial score (nSPS) is 11.2. The van der Waals surface area contributed by atoms with Crippen LogP contribution in [0.1, 0.15) is 0 Å². The molecular weight excluding hydrogens is 605 g/mol. The van der Waals surface area contributed by atoms with Crippen LogP contribution in [0.2, 0.25) is 0 Å². The Labute approximate surface area is 292 Å². The van der Waals surface area contributed by atoms with Crippen molar-refractivity contribution in [1.29, 1.82) is 0 Å². The summed E-state index contributed by atoms with van der Waals surface area (Å²) in [7, 11) is 0. The molecule has 0 atom stereocenters. The highest BCUT2D eigenvalue weighted by Crippen LogP contribution is 2.39. The molecule has 0 amide bonds. The molecule has 0 radical (unpaired) electrons. The molecule has 2 heteroatoms. The van der Waals surface area contributed by atoms with Crippen LogP contribution in [0.15, 0.2) is 194 Å². The summed E-state index contributed by atoms with van der Waals surface area (Å²) in [6.45, 7) is 0. The lowest BCUT2D eigenvalue weighted by Crippen LogP contribution is -1.97. The van der Waals surface area contributed by atoms with E-state index in [0.29, 0.717) is 5.82 Å². The maximum atomic E-state index is 5.34. The maximum Gasteiger partial charge on any atom is 0.160 e. The van der Waals surface area contributed by atoms with E-state index >= 15 is 0 Å². The van der Waals surface area contributed by atoms with Gasteiger partial charge in [0.15, 0.2) is 5.82 Å². The molecule has 0 spiro atoms. The average Bonchev–Trinajstić information content (AvgIpc) is 3.21. The van der Waals surface area contributed by atoms with Crippen molar-refractivity contribution in [1.82, 2.24) is 9.97 Å².